The summed E-state index contributed by atoms with van der Waals surface area (Å²) >= 11 is 0. The first kappa shape index (κ1) is 47.7. The maximum atomic E-state index is 14.2. The van der Waals surface area contributed by atoms with Gasteiger partial charge in [0.15, 0.2) is 28.6 Å². The maximum Gasteiger partial charge on any atom is 0.336 e. The van der Waals surface area contributed by atoms with E-state index in [0.29, 0.717) is 98.0 Å². The number of phenols is 2. The number of aromatic hydroxyl groups is 2. The molecule has 0 spiro atoms. The number of benzene rings is 3. The van der Waals surface area contributed by atoms with E-state index in [1.165, 1.54) is 18.2 Å². The van der Waals surface area contributed by atoms with E-state index in [9.17, 15) is 40.2 Å². The molecular formula is C52H58N6O13. The Labute approximate surface area is 407 Å². The number of phenolic OH excluding ortho intramolecular Hbond substituents is 2. The van der Waals surface area contributed by atoms with Gasteiger partial charge in [-0.15, -0.1) is 0 Å². The van der Waals surface area contributed by atoms with Crippen LogP contribution in [0.1, 0.15) is 55.8 Å². The Hall–Kier alpha value is -7.00. The zero-order valence-corrected chi connectivity index (χ0v) is 38.9. The summed E-state index contributed by atoms with van der Waals surface area (Å²) in [5, 5.41) is 81.2. The SMILES string of the molecule is CCc1cc(O)cc(C2(Oc3c(OC4OC(C(=O)O)C5(O)C(C6CNCN6)C(CC6=CCNC(N)=C6)=CC4(O)C5O)cc4oc(-c5ccc(OCCc6ccc(N)[nH]6)cc5)cc(=O)c4c3O)CCCC2)c1. The maximum absolute atomic E-state index is 14.2. The highest BCUT2D eigenvalue weighted by Gasteiger charge is 2.71. The van der Waals surface area contributed by atoms with Crippen LogP contribution >= 0.6 is 0 Å². The van der Waals surface area contributed by atoms with Gasteiger partial charge in [-0.05, 0) is 116 Å². The summed E-state index contributed by atoms with van der Waals surface area (Å²) < 4.78 is 31.9. The lowest BCUT2D eigenvalue weighted by atomic mass is 9.59. The summed E-state index contributed by atoms with van der Waals surface area (Å²) in [6.07, 6.45) is 1.88. The third-order valence-electron chi connectivity index (χ3n) is 14.5. The zero-order valence-electron chi connectivity index (χ0n) is 38.9. The quantitative estimate of drug-likeness (QED) is 0.0667. The molecule has 374 valence electrons. The van der Waals surface area contributed by atoms with Crippen molar-refractivity contribution in [1.82, 2.24) is 20.9 Å². The molecule has 19 nitrogen and oxygen atoms in total. The molecule has 3 fully saturated rings. The van der Waals surface area contributed by atoms with Gasteiger partial charge in [-0.25, -0.2) is 4.79 Å². The molecule has 19 heteroatoms. The molecule has 7 unspecified atom stereocenters. The smallest absolute Gasteiger partial charge is 0.336 e. The molecule has 14 N–H and O–H groups in total. The Kier molecular flexibility index (Phi) is 12.5. The van der Waals surface area contributed by atoms with Gasteiger partial charge in [0.2, 0.25) is 12.0 Å². The van der Waals surface area contributed by atoms with Crippen molar-refractivity contribution in [3.8, 4) is 40.1 Å². The van der Waals surface area contributed by atoms with E-state index in [0.717, 1.165) is 11.3 Å². The second-order valence-corrected chi connectivity index (χ2v) is 19.1. The number of aliphatic hydroxyl groups is 3. The number of aromatic amines is 1. The number of hydrogen-bond acceptors (Lipinski definition) is 17. The highest BCUT2D eigenvalue weighted by Crippen LogP contribution is 2.55. The molecule has 3 aliphatic heterocycles. The van der Waals surface area contributed by atoms with Crippen molar-refractivity contribution in [3.05, 3.63) is 129 Å². The monoisotopic (exact) mass is 974 g/mol. The summed E-state index contributed by atoms with van der Waals surface area (Å²) in [7, 11) is 0. The predicted molar refractivity (Wildman–Crippen MR) is 259 cm³/mol. The number of nitrogens with two attached hydrogens (primary N) is 2. The number of nitrogens with one attached hydrogen (secondary N) is 4. The van der Waals surface area contributed by atoms with Gasteiger partial charge in [0, 0.05) is 61.5 Å². The topological polar surface area (TPSA) is 310 Å². The number of aliphatic carboxylic acids is 1. The van der Waals surface area contributed by atoms with Gasteiger partial charge in [-0.2, -0.15) is 0 Å². The van der Waals surface area contributed by atoms with Crippen LogP contribution in [0.2, 0.25) is 0 Å². The molecule has 5 aromatic rings. The molecule has 2 saturated heterocycles. The van der Waals surface area contributed by atoms with Gasteiger partial charge in [0.25, 0.3) is 0 Å². The number of aromatic nitrogens is 1. The van der Waals surface area contributed by atoms with E-state index in [-0.39, 0.29) is 46.9 Å². The van der Waals surface area contributed by atoms with Crippen LogP contribution in [0.3, 0.4) is 0 Å². The molecule has 5 heterocycles. The first-order valence-electron chi connectivity index (χ1n) is 23.8. The Morgan fingerprint density at radius 1 is 1.00 bits per heavy atom. The lowest BCUT2D eigenvalue weighted by Gasteiger charge is -2.58. The number of anilines is 1. The van der Waals surface area contributed by atoms with Crippen LogP contribution in [0.25, 0.3) is 22.3 Å². The Balaban J connectivity index is 1.09. The minimum atomic E-state index is -2.66. The number of fused-ring (bicyclic) bond motifs is 3. The van der Waals surface area contributed by atoms with E-state index in [1.54, 1.807) is 48.5 Å². The van der Waals surface area contributed by atoms with Gasteiger partial charge in [0.05, 0.1) is 12.4 Å². The molecule has 7 atom stereocenters. The van der Waals surface area contributed by atoms with Crippen LogP contribution in [0.5, 0.6) is 28.7 Å². The minimum absolute atomic E-state index is 0.00242. The minimum Gasteiger partial charge on any atom is -0.508 e. The Morgan fingerprint density at radius 3 is 2.48 bits per heavy atom. The fourth-order valence-electron chi connectivity index (χ4n) is 11.0. The summed E-state index contributed by atoms with van der Waals surface area (Å²) in [5.41, 5.74) is 8.52. The number of rotatable bonds is 15. The van der Waals surface area contributed by atoms with E-state index >= 15 is 0 Å². The van der Waals surface area contributed by atoms with E-state index in [1.807, 2.05) is 25.1 Å². The molecule has 71 heavy (non-hydrogen) atoms. The van der Waals surface area contributed by atoms with E-state index in [2.05, 4.69) is 20.9 Å². The van der Waals surface area contributed by atoms with Crippen LogP contribution in [0.15, 0.2) is 111 Å². The number of carboxylic acid groups (broad SMARTS) is 1. The summed E-state index contributed by atoms with van der Waals surface area (Å²) in [4.78, 5) is 30.7. The Morgan fingerprint density at radius 2 is 1.79 bits per heavy atom. The van der Waals surface area contributed by atoms with Crippen LogP contribution < -0.4 is 47.1 Å². The third-order valence-corrected chi connectivity index (χ3v) is 14.5. The second kappa shape index (κ2) is 18.6. The fourth-order valence-corrected chi connectivity index (χ4v) is 11.0. The van der Waals surface area contributed by atoms with Gasteiger partial charge in [0.1, 0.15) is 51.4 Å². The molecule has 2 aromatic heterocycles. The number of allylic oxidation sites excluding steroid dienone is 2. The van der Waals surface area contributed by atoms with Gasteiger partial charge in [-0.1, -0.05) is 24.6 Å². The Bertz CT molecular complexity index is 3010. The summed E-state index contributed by atoms with van der Waals surface area (Å²) in [6.45, 7) is 3.31. The number of H-pyrrole nitrogens is 1. The third kappa shape index (κ3) is 8.72. The number of ether oxygens (including phenoxy) is 4. The van der Waals surface area contributed by atoms with E-state index < -0.39 is 64.4 Å². The van der Waals surface area contributed by atoms with Gasteiger partial charge < -0.3 is 81.1 Å². The van der Waals surface area contributed by atoms with Crippen molar-refractivity contribution in [2.45, 2.75) is 93.2 Å². The average Bonchev–Trinajstić information content (AvgIpc) is 4.14. The normalized spacial score (nSPS) is 26.8. The standard InChI is InChI=1S/C52H58N6O13/c1-2-27-18-31(21-33(59)19-27)50(13-3-4-14-50)71-45-39(23-38-42(44(45)61)36(60)22-37(68-38)29-5-8-34(9-6-29)67-16-12-32-7-10-40(53)58-32)69-49-51(65)24-30(17-28-11-15-56-41(54)20-28)43(35-25-55-26-57-35)52(66,48(51)64)46(70-49)47(62)63/h5-11,18-24,35,43,46,48-49,55-59,61,64-66H,2-4,12-17,25-26,53-54H2,1H3,(H,62,63). The molecule has 1 saturated carbocycles. The van der Waals surface area contributed by atoms with Crippen LogP contribution in [0, 0.1) is 5.92 Å². The zero-order chi connectivity index (χ0) is 49.8. The second-order valence-electron chi connectivity index (χ2n) is 19.1. The highest BCUT2D eigenvalue weighted by atomic mass is 16.7. The predicted octanol–water partition coefficient (Wildman–Crippen LogP) is 3.62. The number of dihydropyridines is 1. The van der Waals surface area contributed by atoms with Gasteiger partial charge >= 0.3 is 5.97 Å². The lowest BCUT2D eigenvalue weighted by Crippen LogP contribution is -2.79. The van der Waals surface area contributed by atoms with Crippen molar-refractivity contribution in [3.63, 3.8) is 0 Å². The van der Waals surface area contributed by atoms with Crippen molar-refractivity contribution in [1.29, 1.82) is 0 Å². The summed E-state index contributed by atoms with van der Waals surface area (Å²) in [5.74, 6) is -2.59. The van der Waals surface area contributed by atoms with Crippen molar-refractivity contribution in [2.24, 2.45) is 11.7 Å². The molecule has 0 radical (unpaired) electrons. The van der Waals surface area contributed by atoms with Crippen LogP contribution in [-0.4, -0.2) is 104 Å². The highest BCUT2D eigenvalue weighted by molar-refractivity contribution is 5.90. The number of carboxylic acids is 1. The first-order valence-corrected chi connectivity index (χ1v) is 23.8. The lowest BCUT2D eigenvalue weighted by molar-refractivity contribution is -0.344. The molecule has 2 aliphatic carbocycles. The first-order chi connectivity index (χ1) is 34.1. The number of aryl methyl sites for hydroxylation is 1. The molecule has 0 amide bonds. The number of hydrogen-bond donors (Lipinski definition) is 12. The molecule has 5 aliphatic rings. The molecular weight excluding hydrogens is 917 g/mol. The number of carbonyl (C=O) groups is 1. The average molecular weight is 975 g/mol. The molecule has 2 bridgehead atoms. The van der Waals surface area contributed by atoms with E-state index in [4.69, 9.17) is 34.8 Å². The number of nitrogen functional groups attached to an aromatic ring is 1. The van der Waals surface area contributed by atoms with Crippen molar-refractivity contribution >= 4 is 22.8 Å². The van der Waals surface area contributed by atoms with Crippen LogP contribution in [0.4, 0.5) is 5.82 Å². The number of aliphatic hydroxyl groups excluding tert-OH is 1. The van der Waals surface area contributed by atoms with Crippen LogP contribution in [-0.2, 0) is 28.0 Å². The fraction of sp³-hybridized carbons (Fsp3) is 0.385. The van der Waals surface area contributed by atoms with Crippen molar-refractivity contribution in [2.75, 3.05) is 32.1 Å². The van der Waals surface area contributed by atoms with Gasteiger partial charge in [-0.3, -0.25) is 10.1 Å². The molecule has 10 rings (SSSR count). The van der Waals surface area contributed by atoms with Crippen molar-refractivity contribution < 1.29 is 58.8 Å². The summed E-state index contributed by atoms with van der Waals surface area (Å²) in [6, 6.07) is 17.5. The molecule has 3 aromatic carbocycles. The largest absolute Gasteiger partial charge is 0.508 e.